The minimum Gasteiger partial charge on any atom is -0.370 e. The van der Waals surface area contributed by atoms with Crippen LogP contribution in [0.4, 0.5) is 39.5 Å². The molecule has 1 unspecified atom stereocenters. The van der Waals surface area contributed by atoms with Gasteiger partial charge in [0.05, 0.1) is 4.90 Å². The van der Waals surface area contributed by atoms with Gasteiger partial charge in [0, 0.05) is 6.04 Å². The van der Waals surface area contributed by atoms with Gasteiger partial charge in [-0.05, 0) is 37.0 Å². The summed E-state index contributed by atoms with van der Waals surface area (Å²) in [6.45, 7) is -1.99. The summed E-state index contributed by atoms with van der Waals surface area (Å²) in [6, 6.07) is 4.33. The third-order valence-electron chi connectivity index (χ3n) is 4.76. The predicted octanol–water partition coefficient (Wildman–Crippen LogP) is 4.57. The SMILES string of the molecule is O=S(=O)(c1ccccc1)N(CC(F)(F)F)C1CC=C(C(O)(C(F)(F)F)C(F)(F)F)CC1. The Morgan fingerprint density at radius 1 is 0.935 bits per heavy atom. The summed E-state index contributed by atoms with van der Waals surface area (Å²) in [4.78, 5) is -0.517. The van der Waals surface area contributed by atoms with Crippen LogP contribution in [0.3, 0.4) is 0 Å². The Morgan fingerprint density at radius 3 is 1.84 bits per heavy atom. The predicted molar refractivity (Wildman–Crippen MR) is 89.2 cm³/mol. The fourth-order valence-electron chi connectivity index (χ4n) is 3.25. The normalized spacial score (nSPS) is 19.5. The average Bonchev–Trinajstić information content (AvgIpc) is 2.64. The first-order valence-electron chi connectivity index (χ1n) is 8.60. The lowest BCUT2D eigenvalue weighted by Gasteiger charge is -2.39. The lowest BCUT2D eigenvalue weighted by Crippen LogP contribution is -2.59. The second kappa shape index (κ2) is 8.28. The van der Waals surface area contributed by atoms with E-state index in [0.29, 0.717) is 6.08 Å². The molecule has 0 spiro atoms. The van der Waals surface area contributed by atoms with Gasteiger partial charge in [0.25, 0.3) is 5.60 Å². The summed E-state index contributed by atoms with van der Waals surface area (Å²) in [5.41, 5.74) is -6.68. The van der Waals surface area contributed by atoms with Crippen LogP contribution in [0.1, 0.15) is 19.3 Å². The van der Waals surface area contributed by atoms with E-state index in [4.69, 9.17) is 0 Å². The molecule has 0 bridgehead atoms. The van der Waals surface area contributed by atoms with Crippen molar-refractivity contribution in [3.8, 4) is 0 Å². The maximum absolute atomic E-state index is 13.0. The second-order valence-electron chi connectivity index (χ2n) is 6.84. The fraction of sp³-hybridized carbons (Fsp3) is 0.529. The molecule has 4 nitrogen and oxygen atoms in total. The van der Waals surface area contributed by atoms with Crippen molar-refractivity contribution in [2.45, 2.75) is 54.3 Å². The number of hydrogen-bond acceptors (Lipinski definition) is 3. The molecule has 0 aliphatic heterocycles. The van der Waals surface area contributed by atoms with E-state index in [1.54, 1.807) is 0 Å². The molecule has 14 heteroatoms. The highest BCUT2D eigenvalue weighted by molar-refractivity contribution is 7.89. The van der Waals surface area contributed by atoms with Crippen molar-refractivity contribution in [2.24, 2.45) is 0 Å². The van der Waals surface area contributed by atoms with Gasteiger partial charge in [-0.15, -0.1) is 0 Å². The Balaban J connectivity index is 2.44. The standard InChI is InChI=1S/C17H16F9NO3S/c18-14(19,20)10-27(31(29,30)13-4-2-1-3-5-13)12-8-6-11(7-9-12)15(28,16(21,22)23)17(24,25)26/h1-6,12,28H,7-10H2. The van der Waals surface area contributed by atoms with Gasteiger partial charge in [0.2, 0.25) is 10.0 Å². The molecule has 0 heterocycles. The molecule has 0 fully saturated rings. The van der Waals surface area contributed by atoms with Crippen LogP contribution in [0.25, 0.3) is 0 Å². The number of aliphatic hydroxyl groups is 1. The van der Waals surface area contributed by atoms with Gasteiger partial charge in [0.15, 0.2) is 0 Å². The van der Waals surface area contributed by atoms with Crippen LogP contribution in [0, 0.1) is 0 Å². The number of sulfonamides is 1. The molecule has 1 aromatic carbocycles. The quantitative estimate of drug-likeness (QED) is 0.491. The largest absolute Gasteiger partial charge is 0.430 e. The summed E-state index contributed by atoms with van der Waals surface area (Å²) < 4.78 is 143. The van der Waals surface area contributed by atoms with Crippen LogP contribution in [-0.2, 0) is 10.0 Å². The molecule has 176 valence electrons. The third-order valence-corrected chi connectivity index (χ3v) is 6.67. The van der Waals surface area contributed by atoms with E-state index < -0.39 is 76.5 Å². The van der Waals surface area contributed by atoms with Crippen molar-refractivity contribution in [1.82, 2.24) is 4.31 Å². The number of halogens is 9. The number of rotatable bonds is 5. The van der Waals surface area contributed by atoms with Gasteiger partial charge in [-0.2, -0.15) is 43.8 Å². The molecule has 2 rings (SSSR count). The van der Waals surface area contributed by atoms with E-state index in [2.05, 4.69) is 0 Å². The van der Waals surface area contributed by atoms with E-state index in [9.17, 15) is 53.0 Å². The summed E-state index contributed by atoms with van der Waals surface area (Å²) >= 11 is 0. The van der Waals surface area contributed by atoms with Crippen LogP contribution in [0.15, 0.2) is 46.9 Å². The Kier molecular flexibility index (Phi) is 6.80. The van der Waals surface area contributed by atoms with Gasteiger partial charge in [-0.25, -0.2) is 8.42 Å². The zero-order chi connectivity index (χ0) is 23.9. The first kappa shape index (κ1) is 25.5. The van der Waals surface area contributed by atoms with Gasteiger partial charge < -0.3 is 5.11 Å². The summed E-state index contributed by atoms with van der Waals surface area (Å²) in [5.74, 6) is 0. The molecule has 31 heavy (non-hydrogen) atoms. The lowest BCUT2D eigenvalue weighted by molar-refractivity contribution is -0.353. The van der Waals surface area contributed by atoms with E-state index in [-0.39, 0.29) is 4.31 Å². The van der Waals surface area contributed by atoms with E-state index in [1.807, 2.05) is 0 Å². The van der Waals surface area contributed by atoms with Gasteiger partial charge in [-0.1, -0.05) is 24.3 Å². The van der Waals surface area contributed by atoms with Crippen molar-refractivity contribution in [3.05, 3.63) is 42.0 Å². The number of hydrogen-bond donors (Lipinski definition) is 1. The molecule has 1 atom stereocenters. The van der Waals surface area contributed by atoms with Crippen LogP contribution in [-0.4, -0.2) is 54.5 Å². The molecular formula is C17H16F9NO3S. The van der Waals surface area contributed by atoms with Crippen LogP contribution < -0.4 is 0 Å². The third kappa shape index (κ3) is 5.17. The van der Waals surface area contributed by atoms with Crippen LogP contribution in [0.2, 0.25) is 0 Å². The maximum Gasteiger partial charge on any atom is 0.430 e. The van der Waals surface area contributed by atoms with Crippen molar-refractivity contribution >= 4 is 10.0 Å². The van der Waals surface area contributed by atoms with E-state index in [1.165, 1.54) is 18.2 Å². The lowest BCUT2D eigenvalue weighted by atomic mass is 9.82. The molecule has 0 saturated heterocycles. The number of alkyl halides is 9. The Morgan fingerprint density at radius 2 is 1.45 bits per heavy atom. The van der Waals surface area contributed by atoms with Crippen molar-refractivity contribution < 1.29 is 53.0 Å². The summed E-state index contributed by atoms with van der Waals surface area (Å²) in [6.07, 6.45) is -19.8. The Hall–Kier alpha value is -1.80. The average molecular weight is 485 g/mol. The topological polar surface area (TPSA) is 57.6 Å². The van der Waals surface area contributed by atoms with Crippen LogP contribution >= 0.6 is 0 Å². The highest BCUT2D eigenvalue weighted by atomic mass is 32.2. The molecule has 1 aliphatic rings. The first-order chi connectivity index (χ1) is 13.9. The van der Waals surface area contributed by atoms with Crippen molar-refractivity contribution in [3.63, 3.8) is 0 Å². The zero-order valence-electron chi connectivity index (χ0n) is 15.4. The summed E-state index contributed by atoms with van der Waals surface area (Å²) in [5, 5.41) is 9.43. The monoisotopic (exact) mass is 485 g/mol. The molecule has 0 aromatic heterocycles. The minimum atomic E-state index is -6.13. The van der Waals surface area contributed by atoms with E-state index >= 15 is 0 Å². The Labute approximate surface area is 171 Å². The van der Waals surface area contributed by atoms with Gasteiger partial charge in [-0.3, -0.25) is 0 Å². The summed E-state index contributed by atoms with van der Waals surface area (Å²) in [7, 11) is -4.77. The minimum absolute atomic E-state index is 0.00977. The number of nitrogens with zero attached hydrogens (tertiary/aromatic N) is 1. The number of benzene rings is 1. The molecule has 1 aliphatic carbocycles. The smallest absolute Gasteiger partial charge is 0.370 e. The van der Waals surface area contributed by atoms with Crippen LogP contribution in [0.5, 0.6) is 0 Å². The highest BCUT2D eigenvalue weighted by Crippen LogP contribution is 2.50. The second-order valence-corrected chi connectivity index (χ2v) is 8.73. The van der Waals surface area contributed by atoms with E-state index in [0.717, 1.165) is 12.1 Å². The first-order valence-corrected chi connectivity index (χ1v) is 10.0. The molecular weight excluding hydrogens is 469 g/mol. The van der Waals surface area contributed by atoms with Crippen molar-refractivity contribution in [1.29, 1.82) is 0 Å². The fourth-order valence-corrected chi connectivity index (χ4v) is 4.92. The van der Waals surface area contributed by atoms with Gasteiger partial charge >= 0.3 is 18.5 Å². The molecule has 0 saturated carbocycles. The highest BCUT2D eigenvalue weighted by Gasteiger charge is 2.72. The molecule has 1 aromatic rings. The molecule has 0 radical (unpaired) electrons. The molecule has 1 N–H and O–H groups in total. The van der Waals surface area contributed by atoms with Crippen molar-refractivity contribution in [2.75, 3.05) is 6.54 Å². The molecule has 0 amide bonds. The van der Waals surface area contributed by atoms with Gasteiger partial charge in [0.1, 0.15) is 6.54 Å². The Bertz CT molecular complexity index is 892. The zero-order valence-corrected chi connectivity index (χ0v) is 16.2. The maximum atomic E-state index is 13.0.